The van der Waals surface area contributed by atoms with Crippen molar-refractivity contribution in [3.8, 4) is 11.5 Å². The second-order valence-corrected chi connectivity index (χ2v) is 6.51. The lowest BCUT2D eigenvalue weighted by Gasteiger charge is -2.31. The van der Waals surface area contributed by atoms with Crippen LogP contribution in [-0.4, -0.2) is 55.6 Å². The van der Waals surface area contributed by atoms with Crippen LogP contribution < -0.4 is 14.8 Å². The van der Waals surface area contributed by atoms with Crippen LogP contribution in [0.15, 0.2) is 52.5 Å². The van der Waals surface area contributed by atoms with Gasteiger partial charge in [0.15, 0.2) is 11.5 Å². The Kier molecular flexibility index (Phi) is 5.39. The van der Waals surface area contributed by atoms with Crippen molar-refractivity contribution in [1.29, 1.82) is 0 Å². The Morgan fingerprint density at radius 2 is 2.21 bits per heavy atom. The van der Waals surface area contributed by atoms with Gasteiger partial charge in [-0.2, -0.15) is 9.98 Å². The molecular formula is C20H20N4O5. The number of aliphatic imine (C=N–C) groups is 2. The number of rotatable bonds is 5. The van der Waals surface area contributed by atoms with Gasteiger partial charge in [-0.15, -0.1) is 0 Å². The van der Waals surface area contributed by atoms with Gasteiger partial charge in [0, 0.05) is 32.0 Å². The highest BCUT2D eigenvalue weighted by Gasteiger charge is 2.34. The zero-order valence-electron chi connectivity index (χ0n) is 15.8. The number of amides is 4. The zero-order chi connectivity index (χ0) is 20.2. The van der Waals surface area contributed by atoms with Crippen molar-refractivity contribution in [1.82, 2.24) is 4.90 Å². The molecule has 0 bridgehead atoms. The fourth-order valence-corrected chi connectivity index (χ4v) is 3.23. The number of methoxy groups -OCH3 is 1. The third-order valence-electron chi connectivity index (χ3n) is 4.58. The smallest absolute Gasteiger partial charge is 0.349 e. The van der Waals surface area contributed by atoms with E-state index in [4.69, 9.17) is 14.2 Å². The van der Waals surface area contributed by atoms with Crippen LogP contribution in [0, 0.1) is 5.92 Å². The number of urea groups is 2. The van der Waals surface area contributed by atoms with E-state index in [1.165, 1.54) is 4.90 Å². The number of fused-ring (bicyclic) bond motifs is 2. The van der Waals surface area contributed by atoms with E-state index in [1.54, 1.807) is 37.5 Å². The summed E-state index contributed by atoms with van der Waals surface area (Å²) in [5.74, 6) is 1.16. The minimum absolute atomic E-state index is 0.150. The summed E-state index contributed by atoms with van der Waals surface area (Å²) in [7, 11) is 1.59. The molecule has 2 aliphatic heterocycles. The number of anilines is 1. The Morgan fingerprint density at radius 1 is 1.34 bits per heavy atom. The van der Waals surface area contributed by atoms with Crippen LogP contribution in [0.2, 0.25) is 0 Å². The van der Waals surface area contributed by atoms with Crippen molar-refractivity contribution in [2.45, 2.75) is 6.42 Å². The van der Waals surface area contributed by atoms with Gasteiger partial charge in [-0.05, 0) is 24.6 Å². The van der Waals surface area contributed by atoms with E-state index in [1.807, 2.05) is 12.2 Å². The molecule has 1 N–H and O–H groups in total. The maximum absolute atomic E-state index is 12.6. The second-order valence-electron chi connectivity index (χ2n) is 6.51. The molecule has 2 heterocycles. The van der Waals surface area contributed by atoms with Crippen molar-refractivity contribution < 1.29 is 23.8 Å². The average molecular weight is 396 g/mol. The van der Waals surface area contributed by atoms with Gasteiger partial charge in [-0.1, -0.05) is 18.2 Å². The summed E-state index contributed by atoms with van der Waals surface area (Å²) in [6.07, 6.45) is 7.86. The standard InChI is InChI=1S/C20H20N4O5/c1-27-10-4-9-24-18(14-5-2-3-6-15(14)22-20(24)26)23-19(25)21-13-7-8-16-17(11-13)29-12-28-16/h2-3,5-8,11,14H,4,9-10,12H2,1H3,(H,21,25)/b23-18+. The second kappa shape index (κ2) is 8.27. The number of carbonyl (C=O) groups is 2. The molecule has 1 atom stereocenters. The summed E-state index contributed by atoms with van der Waals surface area (Å²) >= 11 is 0. The third kappa shape index (κ3) is 4.04. The number of hydrogen-bond acceptors (Lipinski definition) is 5. The maximum Gasteiger partial charge on any atom is 0.349 e. The number of benzene rings is 1. The van der Waals surface area contributed by atoms with Crippen LogP contribution in [-0.2, 0) is 4.74 Å². The third-order valence-corrected chi connectivity index (χ3v) is 4.58. The van der Waals surface area contributed by atoms with Crippen LogP contribution in [0.5, 0.6) is 11.5 Å². The number of carbonyl (C=O) groups excluding carboxylic acids is 2. The van der Waals surface area contributed by atoms with Crippen molar-refractivity contribution in [3.05, 3.63) is 42.5 Å². The van der Waals surface area contributed by atoms with Gasteiger partial charge < -0.3 is 19.5 Å². The average Bonchev–Trinajstić information content (AvgIpc) is 3.18. The molecule has 0 fully saturated rings. The minimum Gasteiger partial charge on any atom is -0.454 e. The number of hydrogen-bond donors (Lipinski definition) is 1. The Labute approximate surface area is 167 Å². The van der Waals surface area contributed by atoms with Crippen molar-refractivity contribution in [2.75, 3.05) is 32.4 Å². The first-order valence-electron chi connectivity index (χ1n) is 9.19. The van der Waals surface area contributed by atoms with Gasteiger partial charge in [-0.25, -0.2) is 9.59 Å². The summed E-state index contributed by atoms with van der Waals surface area (Å²) in [6, 6.07) is 4.05. The normalized spacial score (nSPS) is 20.7. The quantitative estimate of drug-likeness (QED) is 0.771. The van der Waals surface area contributed by atoms with Gasteiger partial charge in [0.1, 0.15) is 5.84 Å². The van der Waals surface area contributed by atoms with E-state index < -0.39 is 12.1 Å². The first-order chi connectivity index (χ1) is 14.2. The number of ether oxygens (including phenoxy) is 3. The van der Waals surface area contributed by atoms with Crippen LogP contribution in [0.3, 0.4) is 0 Å². The molecule has 1 unspecified atom stereocenters. The van der Waals surface area contributed by atoms with Gasteiger partial charge in [0.05, 0.1) is 11.6 Å². The molecular weight excluding hydrogens is 376 g/mol. The predicted octanol–water partition coefficient (Wildman–Crippen LogP) is 3.00. The Hall–Kier alpha value is -3.46. The number of nitrogens with zero attached hydrogens (tertiary/aromatic N) is 3. The largest absolute Gasteiger partial charge is 0.454 e. The summed E-state index contributed by atoms with van der Waals surface area (Å²) in [6.45, 7) is 0.988. The Morgan fingerprint density at radius 3 is 3.07 bits per heavy atom. The first-order valence-corrected chi connectivity index (χ1v) is 9.19. The summed E-state index contributed by atoms with van der Waals surface area (Å²) in [5.41, 5.74) is 1.08. The molecule has 0 aromatic heterocycles. The fraction of sp³-hybridized carbons (Fsp3) is 0.300. The van der Waals surface area contributed by atoms with Crippen LogP contribution >= 0.6 is 0 Å². The highest BCUT2D eigenvalue weighted by molar-refractivity contribution is 6.24. The summed E-state index contributed by atoms with van der Waals surface area (Å²) in [5, 5.41) is 2.71. The van der Waals surface area contributed by atoms with Crippen molar-refractivity contribution in [2.24, 2.45) is 15.9 Å². The van der Waals surface area contributed by atoms with Crippen LogP contribution in [0.25, 0.3) is 0 Å². The van der Waals surface area contributed by atoms with Crippen LogP contribution in [0.4, 0.5) is 15.3 Å². The van der Waals surface area contributed by atoms with E-state index >= 15 is 0 Å². The van der Waals surface area contributed by atoms with Crippen molar-refractivity contribution >= 4 is 29.3 Å². The van der Waals surface area contributed by atoms with Gasteiger partial charge in [0.25, 0.3) is 0 Å². The van der Waals surface area contributed by atoms with E-state index in [-0.39, 0.29) is 12.7 Å². The lowest BCUT2D eigenvalue weighted by molar-refractivity contribution is 0.174. The van der Waals surface area contributed by atoms with E-state index in [9.17, 15) is 9.59 Å². The molecule has 0 saturated heterocycles. The van der Waals surface area contributed by atoms with Crippen molar-refractivity contribution in [3.63, 3.8) is 0 Å². The van der Waals surface area contributed by atoms with E-state index in [0.29, 0.717) is 48.3 Å². The molecule has 0 radical (unpaired) electrons. The van der Waals surface area contributed by atoms with E-state index in [0.717, 1.165) is 0 Å². The topological polar surface area (TPSA) is 102 Å². The van der Waals surface area contributed by atoms with Gasteiger partial charge in [0.2, 0.25) is 6.79 Å². The zero-order valence-corrected chi connectivity index (χ0v) is 15.8. The molecule has 4 amide bonds. The Bertz CT molecular complexity index is 950. The lowest BCUT2D eigenvalue weighted by atomic mass is 9.94. The molecule has 0 spiro atoms. The molecule has 1 aromatic carbocycles. The number of amidine groups is 1. The molecule has 1 aliphatic carbocycles. The highest BCUT2D eigenvalue weighted by Crippen LogP contribution is 2.34. The maximum atomic E-state index is 12.6. The first kappa shape index (κ1) is 18.9. The lowest BCUT2D eigenvalue weighted by Crippen LogP contribution is -2.47. The van der Waals surface area contributed by atoms with E-state index in [2.05, 4.69) is 15.3 Å². The molecule has 150 valence electrons. The highest BCUT2D eigenvalue weighted by atomic mass is 16.7. The van der Waals surface area contributed by atoms with Gasteiger partial charge >= 0.3 is 12.1 Å². The molecule has 9 heteroatoms. The summed E-state index contributed by atoms with van der Waals surface area (Å²) < 4.78 is 15.7. The molecule has 1 aromatic rings. The van der Waals surface area contributed by atoms with Gasteiger partial charge in [-0.3, -0.25) is 4.90 Å². The monoisotopic (exact) mass is 396 g/mol. The number of allylic oxidation sites excluding steroid dienone is 3. The number of nitrogens with one attached hydrogen (secondary N) is 1. The SMILES string of the molecule is COCCCN1C(=O)N=C2C=CC=CC2/C1=N\C(=O)Nc1ccc2c(c1)OCO2. The molecule has 4 rings (SSSR count). The molecule has 0 saturated carbocycles. The minimum atomic E-state index is -0.590. The molecule has 29 heavy (non-hydrogen) atoms. The predicted molar refractivity (Wildman–Crippen MR) is 107 cm³/mol. The van der Waals surface area contributed by atoms with Crippen LogP contribution in [0.1, 0.15) is 6.42 Å². The summed E-state index contributed by atoms with van der Waals surface area (Å²) in [4.78, 5) is 34.9. The molecule has 3 aliphatic rings. The Balaban J connectivity index is 1.57. The molecule has 9 nitrogen and oxygen atoms in total. The fourth-order valence-electron chi connectivity index (χ4n) is 3.23.